The predicted molar refractivity (Wildman–Crippen MR) is 227 cm³/mol. The molecule has 0 aliphatic heterocycles. The van der Waals surface area contributed by atoms with Gasteiger partial charge >= 0.3 is 0 Å². The van der Waals surface area contributed by atoms with E-state index in [1.54, 1.807) is 0 Å². The zero-order valence-corrected chi connectivity index (χ0v) is 29.5. The molecule has 0 amide bonds. The number of rotatable bonds is 7. The molecule has 0 unspecified atom stereocenters. The smallest absolute Gasteiger partial charge is 0.0541 e. The molecule has 0 radical (unpaired) electrons. The van der Waals surface area contributed by atoms with Crippen molar-refractivity contribution >= 4 is 49.6 Å². The van der Waals surface area contributed by atoms with Gasteiger partial charge in [0.1, 0.15) is 0 Å². The van der Waals surface area contributed by atoms with E-state index in [0.29, 0.717) is 0 Å². The van der Waals surface area contributed by atoms with Gasteiger partial charge in [0.05, 0.1) is 16.7 Å². The van der Waals surface area contributed by atoms with Crippen LogP contribution >= 0.6 is 0 Å². The molecule has 2 heteroatoms. The first-order chi connectivity index (χ1) is 26.8. The summed E-state index contributed by atoms with van der Waals surface area (Å²) in [5, 5.41) is 4.94. The first kappa shape index (κ1) is 31.4. The lowest BCUT2D eigenvalue weighted by Crippen LogP contribution is -2.10. The van der Waals surface area contributed by atoms with E-state index in [0.717, 1.165) is 39.4 Å². The molecule has 252 valence electrons. The topological polar surface area (TPSA) is 8.17 Å². The molecular weight excluding hydrogens is 653 g/mol. The van der Waals surface area contributed by atoms with Crippen molar-refractivity contribution in [3.8, 4) is 39.1 Å². The van der Waals surface area contributed by atoms with Crippen LogP contribution in [0.25, 0.3) is 71.6 Å². The van der Waals surface area contributed by atoms with Crippen LogP contribution in [-0.2, 0) is 0 Å². The Hall–Kier alpha value is -7.34. The van der Waals surface area contributed by atoms with Crippen molar-refractivity contribution in [1.29, 1.82) is 0 Å². The zero-order chi connectivity index (χ0) is 35.8. The van der Waals surface area contributed by atoms with Gasteiger partial charge in [0.25, 0.3) is 0 Å². The van der Waals surface area contributed by atoms with E-state index >= 15 is 0 Å². The standard InChI is InChI=1S/C52H34N2/c1-3-14-37(15-4-1)38-26-30-42(31-27-38)53(52-35-34-45(40-16-5-2-6-17-40)46-20-7-8-21-47(46)52)43-32-28-39(29-33-43)41-18-13-19-44(36-41)54-50-24-11-9-22-48(50)49-23-10-12-25-51(49)54/h1-3,5-14,16-36H. The minimum atomic E-state index is 1.03. The summed E-state index contributed by atoms with van der Waals surface area (Å²) in [7, 11) is 0. The second-order valence-electron chi connectivity index (χ2n) is 13.6. The van der Waals surface area contributed by atoms with E-state index in [4.69, 9.17) is 0 Å². The van der Waals surface area contributed by atoms with E-state index in [-0.39, 0.29) is 0 Å². The maximum atomic E-state index is 3.25. The van der Waals surface area contributed by atoms with Gasteiger partial charge in [0.2, 0.25) is 0 Å². The van der Waals surface area contributed by atoms with Crippen LogP contribution in [0.4, 0.5) is 17.1 Å². The van der Waals surface area contributed by atoms with Crippen LogP contribution < -0.4 is 4.90 Å². The van der Waals surface area contributed by atoms with Gasteiger partial charge in [-0.15, -0.1) is 0 Å². The lowest BCUT2D eigenvalue weighted by molar-refractivity contribution is 1.18. The molecule has 0 atom stereocenters. The number of benzene rings is 8. The van der Waals surface area contributed by atoms with Gasteiger partial charge in [-0.05, 0) is 99.9 Å². The lowest BCUT2D eigenvalue weighted by atomic mass is 9.96. The summed E-state index contributed by atoms with van der Waals surface area (Å²) < 4.78 is 2.38. The Kier molecular flexibility index (Phi) is 7.75. The summed E-state index contributed by atoms with van der Waals surface area (Å²) in [6.07, 6.45) is 0. The Balaban J connectivity index is 1.08. The highest BCUT2D eigenvalue weighted by molar-refractivity contribution is 6.09. The van der Waals surface area contributed by atoms with Crippen LogP contribution in [-0.4, -0.2) is 4.57 Å². The molecule has 1 aromatic heterocycles. The summed E-state index contributed by atoms with van der Waals surface area (Å²) in [6.45, 7) is 0. The molecule has 0 aliphatic carbocycles. The molecule has 0 spiro atoms. The number of nitrogens with zero attached hydrogens (tertiary/aromatic N) is 2. The summed E-state index contributed by atoms with van der Waals surface area (Å²) in [4.78, 5) is 2.38. The normalized spacial score (nSPS) is 11.2. The van der Waals surface area contributed by atoms with Crippen molar-refractivity contribution in [3.63, 3.8) is 0 Å². The predicted octanol–water partition coefficient (Wildman–Crippen LogP) is 14.0. The minimum absolute atomic E-state index is 1.03. The molecule has 2 nitrogen and oxygen atoms in total. The van der Waals surface area contributed by atoms with Gasteiger partial charge in [-0.1, -0.05) is 152 Å². The number of hydrogen-bond donors (Lipinski definition) is 0. The second kappa shape index (κ2) is 13.3. The van der Waals surface area contributed by atoms with Gasteiger partial charge < -0.3 is 9.47 Å². The van der Waals surface area contributed by atoms with Crippen molar-refractivity contribution in [2.75, 3.05) is 4.90 Å². The van der Waals surface area contributed by atoms with Gasteiger partial charge in [0, 0.05) is 38.8 Å². The Morgan fingerprint density at radius 3 is 1.65 bits per heavy atom. The van der Waals surface area contributed by atoms with Crippen LogP contribution in [0.1, 0.15) is 0 Å². The number of para-hydroxylation sites is 2. The molecule has 54 heavy (non-hydrogen) atoms. The van der Waals surface area contributed by atoms with Crippen molar-refractivity contribution < 1.29 is 0 Å². The number of aromatic nitrogens is 1. The van der Waals surface area contributed by atoms with Crippen LogP contribution in [0.2, 0.25) is 0 Å². The highest BCUT2D eigenvalue weighted by Crippen LogP contribution is 2.43. The summed E-state index contributed by atoms with van der Waals surface area (Å²) >= 11 is 0. The third kappa shape index (κ3) is 5.48. The molecule has 0 aliphatic rings. The van der Waals surface area contributed by atoms with Gasteiger partial charge in [-0.3, -0.25) is 0 Å². The Labute approximate surface area is 315 Å². The first-order valence-corrected chi connectivity index (χ1v) is 18.4. The Morgan fingerprint density at radius 1 is 0.389 bits per heavy atom. The van der Waals surface area contributed by atoms with E-state index in [1.165, 1.54) is 49.3 Å². The molecule has 1 heterocycles. The number of hydrogen-bond acceptors (Lipinski definition) is 1. The first-order valence-electron chi connectivity index (χ1n) is 18.4. The van der Waals surface area contributed by atoms with E-state index < -0.39 is 0 Å². The summed E-state index contributed by atoms with van der Waals surface area (Å²) in [5.74, 6) is 0. The van der Waals surface area contributed by atoms with Crippen LogP contribution in [0.3, 0.4) is 0 Å². The fourth-order valence-corrected chi connectivity index (χ4v) is 7.92. The second-order valence-corrected chi connectivity index (χ2v) is 13.6. The average molecular weight is 687 g/mol. The highest BCUT2D eigenvalue weighted by Gasteiger charge is 2.18. The summed E-state index contributed by atoms with van der Waals surface area (Å²) in [6, 6.07) is 80.2. The highest BCUT2D eigenvalue weighted by atomic mass is 15.1. The maximum Gasteiger partial charge on any atom is 0.0541 e. The summed E-state index contributed by atoms with van der Waals surface area (Å²) in [5.41, 5.74) is 13.8. The molecule has 0 N–H and O–H groups in total. The van der Waals surface area contributed by atoms with Crippen molar-refractivity contribution in [1.82, 2.24) is 4.57 Å². The van der Waals surface area contributed by atoms with Crippen LogP contribution in [0, 0.1) is 12.1 Å². The fourth-order valence-electron chi connectivity index (χ4n) is 7.92. The molecule has 10 rings (SSSR count). The number of anilines is 3. The van der Waals surface area contributed by atoms with Crippen LogP contribution in [0.15, 0.2) is 206 Å². The zero-order valence-electron chi connectivity index (χ0n) is 29.5. The Bertz CT molecular complexity index is 2850. The third-order valence-electron chi connectivity index (χ3n) is 10.5. The van der Waals surface area contributed by atoms with E-state index in [9.17, 15) is 0 Å². The lowest BCUT2D eigenvalue weighted by Gasteiger charge is -2.28. The maximum absolute atomic E-state index is 3.25. The third-order valence-corrected chi connectivity index (χ3v) is 10.5. The van der Waals surface area contributed by atoms with Gasteiger partial charge in [-0.25, -0.2) is 0 Å². The SMILES string of the molecule is c1cccc(-c2ccc(N(c3ccc(-c4cccc(-n5c6ccccc6c6ccccc65)c4)cc3)c3ccc(-c4ccccc4)c4ccccc34)cc2)c#1. The minimum Gasteiger partial charge on any atom is -0.310 e. The van der Waals surface area contributed by atoms with Gasteiger partial charge in [-0.2, -0.15) is 0 Å². The quantitative estimate of drug-likeness (QED) is 0.162. The van der Waals surface area contributed by atoms with E-state index in [1.807, 2.05) is 12.1 Å². The molecule has 0 bridgehead atoms. The van der Waals surface area contributed by atoms with Crippen molar-refractivity contribution in [3.05, 3.63) is 218 Å². The molecule has 0 fully saturated rings. The number of fused-ring (bicyclic) bond motifs is 4. The monoisotopic (exact) mass is 686 g/mol. The molecule has 0 saturated heterocycles. The van der Waals surface area contributed by atoms with Crippen molar-refractivity contribution in [2.45, 2.75) is 0 Å². The van der Waals surface area contributed by atoms with E-state index in [2.05, 4.69) is 216 Å². The molecular formula is C52H34N2. The molecule has 9 aromatic carbocycles. The fraction of sp³-hybridized carbons (Fsp3) is 0. The Morgan fingerprint density at radius 2 is 0.981 bits per heavy atom. The molecule has 0 saturated carbocycles. The van der Waals surface area contributed by atoms with Crippen LogP contribution in [0.5, 0.6) is 0 Å². The van der Waals surface area contributed by atoms with Crippen molar-refractivity contribution in [2.24, 2.45) is 0 Å². The average Bonchev–Trinajstić information content (AvgIpc) is 3.59. The molecule has 10 aromatic rings. The van der Waals surface area contributed by atoms with Gasteiger partial charge in [0.15, 0.2) is 0 Å². The largest absolute Gasteiger partial charge is 0.310 e.